The standard InChI is InChI=1S/C33H47N3O7S/c1-27(2)21-9-10-31(6)22(30(21,5)16-20(18-34)26(27)39)15-24(37)33(40)23-17-29(4,36-44(41,42)35-19-25(38)43-8)13-11-28(23,3)12-14-32(31,33)7/h15-16,21,23,35-36,40H,9-14,17,19H2,1-8H3/t21-,23+,28+,29-,30-,31+,32-,33+/m0/s1. The third kappa shape index (κ3) is 4.27. The predicted molar refractivity (Wildman–Crippen MR) is 163 cm³/mol. The lowest BCUT2D eigenvalue weighted by Gasteiger charge is -2.71. The summed E-state index contributed by atoms with van der Waals surface area (Å²) in [6.07, 6.45) is 7.48. The van der Waals surface area contributed by atoms with E-state index in [2.05, 4.69) is 34.1 Å². The Balaban J connectivity index is 1.59. The van der Waals surface area contributed by atoms with Crippen LogP contribution in [0.5, 0.6) is 0 Å². The summed E-state index contributed by atoms with van der Waals surface area (Å²) >= 11 is 0. The van der Waals surface area contributed by atoms with E-state index < -0.39 is 66.9 Å². The zero-order valence-corrected chi connectivity index (χ0v) is 28.0. The van der Waals surface area contributed by atoms with E-state index in [0.29, 0.717) is 32.1 Å². The summed E-state index contributed by atoms with van der Waals surface area (Å²) in [5.74, 6) is -1.93. The van der Waals surface area contributed by atoms with Crippen LogP contribution in [0.4, 0.5) is 0 Å². The summed E-state index contributed by atoms with van der Waals surface area (Å²) in [5.41, 5.74) is -5.17. The molecule has 5 rings (SSSR count). The first-order valence-electron chi connectivity index (χ1n) is 15.6. The van der Waals surface area contributed by atoms with Crippen LogP contribution < -0.4 is 9.44 Å². The van der Waals surface area contributed by atoms with E-state index in [-0.39, 0.29) is 29.5 Å². The molecule has 0 aromatic carbocycles. The van der Waals surface area contributed by atoms with Crippen molar-refractivity contribution in [2.24, 2.45) is 38.9 Å². The summed E-state index contributed by atoms with van der Waals surface area (Å²) in [6.45, 7) is 13.3. The van der Waals surface area contributed by atoms with Crippen LogP contribution in [0.1, 0.15) is 93.4 Å². The maximum atomic E-state index is 14.6. The van der Waals surface area contributed by atoms with Crippen molar-refractivity contribution in [1.29, 1.82) is 5.26 Å². The Bertz CT molecular complexity index is 1540. The number of carbonyl (C=O) groups is 3. The average Bonchev–Trinajstić information content (AvgIpc) is 2.94. The quantitative estimate of drug-likeness (QED) is 0.388. The summed E-state index contributed by atoms with van der Waals surface area (Å²) in [7, 11) is -2.92. The molecule has 0 spiro atoms. The zero-order valence-electron chi connectivity index (χ0n) is 27.2. The molecule has 0 aliphatic heterocycles. The van der Waals surface area contributed by atoms with Crippen LogP contribution >= 0.6 is 0 Å². The third-order valence-corrected chi connectivity index (χ3v) is 14.6. The number of allylic oxidation sites excluding steroid dienone is 3. The highest BCUT2D eigenvalue weighted by molar-refractivity contribution is 7.87. The minimum atomic E-state index is -4.10. The van der Waals surface area contributed by atoms with Gasteiger partial charge < -0.3 is 9.84 Å². The van der Waals surface area contributed by atoms with Gasteiger partial charge in [-0.05, 0) is 80.3 Å². The first-order chi connectivity index (χ1) is 20.1. The Morgan fingerprint density at radius 2 is 1.68 bits per heavy atom. The number of fused-ring (bicyclic) bond motifs is 7. The molecule has 8 atom stereocenters. The van der Waals surface area contributed by atoms with E-state index in [1.165, 1.54) is 7.11 Å². The molecule has 242 valence electrons. The SMILES string of the molecule is COC(=O)CNS(=O)(=O)N[C@@]1(C)CC[C@]2(C)CC[C@@]3(C)[C@]4(C)CC[C@H]5C(C)(C)C(=O)C(C#N)=C[C@]5(C)C4=CC(=O)[C@]3(O)[C@@H]2C1. The molecule has 3 N–H and O–H groups in total. The normalized spacial score (nSPS) is 44.5. The van der Waals surface area contributed by atoms with Crippen LogP contribution in [-0.4, -0.2) is 55.9 Å². The summed E-state index contributed by atoms with van der Waals surface area (Å²) in [5, 5.41) is 22.9. The van der Waals surface area contributed by atoms with Crippen LogP contribution in [0, 0.1) is 50.2 Å². The van der Waals surface area contributed by atoms with Gasteiger partial charge in [-0.2, -0.15) is 23.1 Å². The topological polar surface area (TPSA) is 163 Å². The number of nitrogens with zero attached hydrogens (tertiary/aromatic N) is 1. The number of ketones is 2. The lowest BCUT2D eigenvalue weighted by Crippen LogP contribution is -2.74. The van der Waals surface area contributed by atoms with E-state index in [9.17, 15) is 33.2 Å². The molecule has 0 heterocycles. The second-order valence-corrected chi connectivity index (χ2v) is 17.4. The molecule has 10 nitrogen and oxygen atoms in total. The van der Waals surface area contributed by atoms with Crippen LogP contribution in [0.25, 0.3) is 0 Å². The van der Waals surface area contributed by atoms with Gasteiger partial charge in [0, 0.05) is 27.7 Å². The largest absolute Gasteiger partial charge is 0.468 e. The molecular weight excluding hydrogens is 582 g/mol. The Labute approximate surface area is 261 Å². The van der Waals surface area contributed by atoms with Gasteiger partial charge in [0.05, 0.1) is 12.7 Å². The smallest absolute Gasteiger partial charge is 0.320 e. The van der Waals surface area contributed by atoms with Gasteiger partial charge in [0.2, 0.25) is 0 Å². The molecular formula is C33H47N3O7S. The first-order valence-corrected chi connectivity index (χ1v) is 17.1. The second-order valence-electron chi connectivity index (χ2n) is 15.9. The summed E-state index contributed by atoms with van der Waals surface area (Å²) in [6, 6.07) is 2.11. The molecule has 3 fully saturated rings. The van der Waals surface area contributed by atoms with E-state index in [4.69, 9.17) is 0 Å². The number of nitrogens with one attached hydrogen (secondary N) is 2. The van der Waals surface area contributed by atoms with Crippen molar-refractivity contribution < 1.29 is 32.6 Å². The number of carbonyl (C=O) groups excluding carboxylic acids is 3. The second kappa shape index (κ2) is 9.81. The minimum Gasteiger partial charge on any atom is -0.468 e. The van der Waals surface area contributed by atoms with Crippen LogP contribution in [0.15, 0.2) is 23.3 Å². The van der Waals surface area contributed by atoms with Crippen molar-refractivity contribution in [3.8, 4) is 6.07 Å². The number of methoxy groups -OCH3 is 1. The fraction of sp³-hybridized carbons (Fsp3) is 0.758. The summed E-state index contributed by atoms with van der Waals surface area (Å²) in [4.78, 5) is 39.4. The predicted octanol–water partition coefficient (Wildman–Crippen LogP) is 3.67. The number of nitriles is 1. The molecule has 0 saturated heterocycles. The number of Topliss-reactive ketones (excluding diaryl/α,β-unsaturated/α-hetero) is 1. The number of hydrogen-bond acceptors (Lipinski definition) is 8. The fourth-order valence-corrected chi connectivity index (χ4v) is 11.7. The van der Waals surface area contributed by atoms with Crippen molar-refractivity contribution in [3.05, 3.63) is 23.3 Å². The van der Waals surface area contributed by atoms with Crippen molar-refractivity contribution in [2.75, 3.05) is 13.7 Å². The lowest BCUT2D eigenvalue weighted by molar-refractivity contribution is -0.239. The summed E-state index contributed by atoms with van der Waals surface area (Å²) < 4.78 is 35.4. The van der Waals surface area contributed by atoms with Crippen LogP contribution in [0.2, 0.25) is 0 Å². The van der Waals surface area contributed by atoms with Gasteiger partial charge in [-0.15, -0.1) is 0 Å². The molecule has 0 bridgehead atoms. The van der Waals surface area contributed by atoms with Gasteiger partial charge in [-0.3, -0.25) is 14.4 Å². The van der Waals surface area contributed by atoms with Gasteiger partial charge in [-0.1, -0.05) is 47.6 Å². The third-order valence-electron chi connectivity index (χ3n) is 13.3. The Hall–Kier alpha value is -2.39. The molecule has 0 radical (unpaired) electrons. The van der Waals surface area contributed by atoms with Crippen molar-refractivity contribution in [2.45, 2.75) is 105 Å². The van der Waals surface area contributed by atoms with Gasteiger partial charge in [0.25, 0.3) is 10.2 Å². The van der Waals surface area contributed by atoms with Crippen molar-refractivity contribution >= 4 is 27.7 Å². The highest BCUT2D eigenvalue weighted by Crippen LogP contribution is 2.75. The molecule has 5 aliphatic rings. The van der Waals surface area contributed by atoms with Crippen molar-refractivity contribution in [3.63, 3.8) is 0 Å². The zero-order chi connectivity index (χ0) is 32.9. The van der Waals surface area contributed by atoms with E-state index >= 15 is 0 Å². The Morgan fingerprint density at radius 3 is 2.30 bits per heavy atom. The average molecular weight is 630 g/mol. The molecule has 11 heteroatoms. The Kier molecular flexibility index (Phi) is 7.35. The number of rotatable bonds is 5. The number of aliphatic hydroxyl groups is 1. The lowest BCUT2D eigenvalue weighted by atomic mass is 9.33. The van der Waals surface area contributed by atoms with Gasteiger partial charge in [-0.25, -0.2) is 0 Å². The molecule has 5 aliphatic carbocycles. The van der Waals surface area contributed by atoms with Gasteiger partial charge in [0.1, 0.15) is 18.2 Å². The van der Waals surface area contributed by atoms with E-state index in [0.717, 1.165) is 12.0 Å². The maximum Gasteiger partial charge on any atom is 0.320 e. The van der Waals surface area contributed by atoms with Crippen LogP contribution in [-0.2, 0) is 29.3 Å². The van der Waals surface area contributed by atoms with Gasteiger partial charge >= 0.3 is 5.97 Å². The highest BCUT2D eigenvalue weighted by Gasteiger charge is 2.75. The maximum absolute atomic E-state index is 14.6. The monoisotopic (exact) mass is 629 g/mol. The number of esters is 1. The molecule has 0 unspecified atom stereocenters. The van der Waals surface area contributed by atoms with E-state index in [1.807, 2.05) is 27.7 Å². The number of hydrogen-bond donors (Lipinski definition) is 3. The molecule has 3 saturated carbocycles. The number of ether oxygens (including phenoxy) is 1. The molecule has 44 heavy (non-hydrogen) atoms. The van der Waals surface area contributed by atoms with Gasteiger partial charge in [0.15, 0.2) is 11.6 Å². The Morgan fingerprint density at radius 1 is 1.05 bits per heavy atom. The first kappa shape index (κ1) is 33.0. The highest BCUT2D eigenvalue weighted by atomic mass is 32.2. The van der Waals surface area contributed by atoms with E-state index in [1.54, 1.807) is 19.1 Å². The molecule has 0 aromatic rings. The van der Waals surface area contributed by atoms with Crippen LogP contribution in [0.3, 0.4) is 0 Å². The molecule has 0 amide bonds. The van der Waals surface area contributed by atoms with Crippen molar-refractivity contribution in [1.82, 2.24) is 9.44 Å². The molecule has 0 aromatic heterocycles. The fourth-order valence-electron chi connectivity index (χ4n) is 10.4. The minimum absolute atomic E-state index is 0.111.